The molecule has 17 heavy (non-hydrogen) atoms. The lowest BCUT2D eigenvalue weighted by Gasteiger charge is -2.10. The summed E-state index contributed by atoms with van der Waals surface area (Å²) >= 11 is 0. The molecule has 0 spiro atoms. The van der Waals surface area contributed by atoms with Gasteiger partial charge in [0.05, 0.1) is 6.42 Å². The number of hydrogen-bond acceptors (Lipinski definition) is 4. The Morgan fingerprint density at radius 1 is 1.35 bits per heavy atom. The molecule has 0 aliphatic rings. The Morgan fingerprint density at radius 3 is 2.47 bits per heavy atom. The highest BCUT2D eigenvalue weighted by molar-refractivity contribution is 5.35. The molecule has 1 aromatic rings. The molecule has 0 amide bonds. The molecule has 0 fully saturated rings. The lowest BCUT2D eigenvalue weighted by atomic mass is 10.1. The summed E-state index contributed by atoms with van der Waals surface area (Å²) in [5, 5.41) is 0. The van der Waals surface area contributed by atoms with Crippen molar-refractivity contribution in [3.05, 3.63) is 17.6 Å². The monoisotopic (exact) mass is 248 g/mol. The number of hydrazine groups is 1. The first kappa shape index (κ1) is 13.7. The van der Waals surface area contributed by atoms with Crippen LogP contribution in [0.3, 0.4) is 0 Å². The summed E-state index contributed by atoms with van der Waals surface area (Å²) in [5.41, 5.74) is 3.00. The fraction of sp³-hybridized carbons (Fsp3) is 0.600. The van der Waals surface area contributed by atoms with Gasteiger partial charge in [-0.3, -0.25) is 0 Å². The maximum atomic E-state index is 12.1. The minimum absolute atomic E-state index is 0.106. The predicted octanol–water partition coefficient (Wildman–Crippen LogP) is 2.38. The number of nitrogens with two attached hydrogens (primary N) is 1. The van der Waals surface area contributed by atoms with E-state index in [-0.39, 0.29) is 18.2 Å². The number of anilines is 1. The van der Waals surface area contributed by atoms with Gasteiger partial charge < -0.3 is 5.43 Å². The third-order valence-corrected chi connectivity index (χ3v) is 2.16. The van der Waals surface area contributed by atoms with Crippen molar-refractivity contribution in [3.63, 3.8) is 0 Å². The van der Waals surface area contributed by atoms with Crippen LogP contribution in [0.1, 0.15) is 37.7 Å². The zero-order valence-electron chi connectivity index (χ0n) is 9.67. The zero-order valence-corrected chi connectivity index (χ0v) is 9.67. The Morgan fingerprint density at radius 2 is 2.00 bits per heavy atom. The van der Waals surface area contributed by atoms with Gasteiger partial charge in [0.15, 0.2) is 0 Å². The van der Waals surface area contributed by atoms with Crippen LogP contribution in [0.25, 0.3) is 0 Å². The Balaban J connectivity index is 2.87. The van der Waals surface area contributed by atoms with E-state index >= 15 is 0 Å². The molecule has 1 heterocycles. The molecular weight excluding hydrogens is 233 g/mol. The third kappa shape index (κ3) is 4.56. The van der Waals surface area contributed by atoms with E-state index in [1.54, 1.807) is 6.07 Å². The summed E-state index contributed by atoms with van der Waals surface area (Å²) in [6.07, 6.45) is -5.37. The number of aryl methyl sites for hydroxylation is 1. The van der Waals surface area contributed by atoms with Crippen LogP contribution in [-0.4, -0.2) is 16.1 Å². The Bertz CT molecular complexity index is 376. The van der Waals surface area contributed by atoms with Crippen molar-refractivity contribution in [2.45, 2.75) is 38.8 Å². The minimum Gasteiger partial charge on any atom is -0.308 e. The smallest absolute Gasteiger partial charge is 0.308 e. The van der Waals surface area contributed by atoms with Gasteiger partial charge >= 0.3 is 6.18 Å². The number of aromatic nitrogens is 2. The van der Waals surface area contributed by atoms with Gasteiger partial charge in [-0.05, 0) is 5.92 Å². The molecule has 0 saturated carbocycles. The van der Waals surface area contributed by atoms with Gasteiger partial charge in [0.1, 0.15) is 11.6 Å². The van der Waals surface area contributed by atoms with Crippen molar-refractivity contribution in [3.8, 4) is 0 Å². The minimum atomic E-state index is -4.20. The highest BCUT2D eigenvalue weighted by Crippen LogP contribution is 2.22. The Kier molecular flexibility index (Phi) is 4.28. The summed E-state index contributed by atoms with van der Waals surface area (Å²) in [7, 11) is 0. The maximum Gasteiger partial charge on any atom is 0.389 e. The maximum absolute atomic E-state index is 12.1. The number of nitrogen functional groups attached to an aromatic ring is 1. The molecule has 0 aliphatic heterocycles. The molecule has 7 heteroatoms. The van der Waals surface area contributed by atoms with E-state index in [0.717, 1.165) is 0 Å². The lowest BCUT2D eigenvalue weighted by Crippen LogP contribution is -2.14. The SMILES string of the molecule is CC(C)c1cc(NN)nc(CCC(F)(F)F)n1. The van der Waals surface area contributed by atoms with Gasteiger partial charge in [-0.15, -0.1) is 0 Å². The van der Waals surface area contributed by atoms with Crippen LogP contribution in [0.5, 0.6) is 0 Å². The van der Waals surface area contributed by atoms with Crippen molar-refractivity contribution in [1.82, 2.24) is 9.97 Å². The number of alkyl halides is 3. The van der Waals surface area contributed by atoms with Crippen molar-refractivity contribution < 1.29 is 13.2 Å². The van der Waals surface area contributed by atoms with E-state index in [0.29, 0.717) is 11.5 Å². The predicted molar refractivity (Wildman–Crippen MR) is 58.3 cm³/mol. The van der Waals surface area contributed by atoms with Crippen LogP contribution in [0.2, 0.25) is 0 Å². The van der Waals surface area contributed by atoms with Gasteiger partial charge in [-0.1, -0.05) is 13.8 Å². The van der Waals surface area contributed by atoms with Gasteiger partial charge in [0.25, 0.3) is 0 Å². The summed E-state index contributed by atoms with van der Waals surface area (Å²) in [5.74, 6) is 5.80. The van der Waals surface area contributed by atoms with Crippen molar-refractivity contribution in [1.29, 1.82) is 0 Å². The fourth-order valence-electron chi connectivity index (χ4n) is 1.25. The highest BCUT2D eigenvalue weighted by Gasteiger charge is 2.27. The van der Waals surface area contributed by atoms with E-state index in [9.17, 15) is 13.2 Å². The molecule has 4 nitrogen and oxygen atoms in total. The number of rotatable bonds is 4. The van der Waals surface area contributed by atoms with Crippen LogP contribution < -0.4 is 11.3 Å². The number of nitrogens with one attached hydrogen (secondary N) is 1. The summed E-state index contributed by atoms with van der Waals surface area (Å²) < 4.78 is 36.3. The average Bonchev–Trinajstić information content (AvgIpc) is 2.25. The van der Waals surface area contributed by atoms with Crippen LogP contribution in [0, 0.1) is 0 Å². The molecular formula is C10H15F3N4. The molecule has 0 radical (unpaired) electrons. The van der Waals surface area contributed by atoms with Crippen LogP contribution >= 0.6 is 0 Å². The average molecular weight is 248 g/mol. The number of nitrogens with zero attached hydrogens (tertiary/aromatic N) is 2. The van der Waals surface area contributed by atoms with Gasteiger partial charge in [0, 0.05) is 18.2 Å². The largest absolute Gasteiger partial charge is 0.389 e. The standard InChI is InChI=1S/C10H15F3N4/c1-6(2)7-5-9(17-14)16-8(15-7)3-4-10(11,12)13/h5-6H,3-4,14H2,1-2H3,(H,15,16,17). The highest BCUT2D eigenvalue weighted by atomic mass is 19.4. The van der Waals surface area contributed by atoms with Gasteiger partial charge in [-0.2, -0.15) is 13.2 Å². The first-order chi connectivity index (χ1) is 7.81. The van der Waals surface area contributed by atoms with Crippen molar-refractivity contribution >= 4 is 5.82 Å². The second-order valence-electron chi connectivity index (χ2n) is 4.01. The topological polar surface area (TPSA) is 63.8 Å². The summed E-state index contributed by atoms with van der Waals surface area (Å²) in [6, 6.07) is 1.63. The summed E-state index contributed by atoms with van der Waals surface area (Å²) in [4.78, 5) is 7.97. The molecule has 0 aromatic carbocycles. The number of hydrogen-bond donors (Lipinski definition) is 2. The van der Waals surface area contributed by atoms with Gasteiger partial charge in [0.2, 0.25) is 0 Å². The first-order valence-electron chi connectivity index (χ1n) is 5.23. The van der Waals surface area contributed by atoms with Crippen LogP contribution in [-0.2, 0) is 6.42 Å². The second-order valence-corrected chi connectivity index (χ2v) is 4.01. The van der Waals surface area contributed by atoms with E-state index in [1.165, 1.54) is 0 Å². The van der Waals surface area contributed by atoms with Crippen molar-refractivity contribution in [2.24, 2.45) is 5.84 Å². The van der Waals surface area contributed by atoms with Crippen molar-refractivity contribution in [2.75, 3.05) is 5.43 Å². The second kappa shape index (κ2) is 5.31. The molecule has 1 rings (SSSR count). The number of halogens is 3. The van der Waals surface area contributed by atoms with Crippen LogP contribution in [0.4, 0.5) is 19.0 Å². The normalized spacial score (nSPS) is 11.9. The Hall–Kier alpha value is -1.37. The van der Waals surface area contributed by atoms with Gasteiger partial charge in [-0.25, -0.2) is 15.8 Å². The molecule has 3 N–H and O–H groups in total. The summed E-state index contributed by atoms with van der Waals surface area (Å²) in [6.45, 7) is 3.80. The quantitative estimate of drug-likeness (QED) is 0.634. The molecule has 0 atom stereocenters. The fourth-order valence-corrected chi connectivity index (χ4v) is 1.25. The van der Waals surface area contributed by atoms with E-state index < -0.39 is 12.6 Å². The molecule has 0 bridgehead atoms. The van der Waals surface area contributed by atoms with E-state index in [4.69, 9.17) is 5.84 Å². The molecule has 0 saturated heterocycles. The van der Waals surface area contributed by atoms with E-state index in [2.05, 4.69) is 15.4 Å². The zero-order chi connectivity index (χ0) is 13.1. The molecule has 1 aromatic heterocycles. The van der Waals surface area contributed by atoms with E-state index in [1.807, 2.05) is 13.8 Å². The van der Waals surface area contributed by atoms with Crippen LogP contribution in [0.15, 0.2) is 6.07 Å². The molecule has 0 unspecified atom stereocenters. The molecule has 96 valence electrons. The lowest BCUT2D eigenvalue weighted by molar-refractivity contribution is -0.134. The molecule has 0 aliphatic carbocycles. The first-order valence-corrected chi connectivity index (χ1v) is 5.23. The third-order valence-electron chi connectivity index (χ3n) is 2.16. The Labute approximate surface area is 97.4 Å².